The van der Waals surface area contributed by atoms with Gasteiger partial charge in [-0.25, -0.2) is 0 Å². The molecule has 0 saturated heterocycles. The standard InChI is InChI=1S/C18H25N5OS/c1-12-6-4-5-7-15(12)20-17(24)13(2)25-18-22-21-16(23(18)3)14-8-10-19-11-9-14/h8-13,15H,4-7H2,1-3H3,(H,20,24)/t12-,13-,15-/m1/s1. The fourth-order valence-corrected chi connectivity index (χ4v) is 4.04. The third kappa shape index (κ3) is 4.21. The van der Waals surface area contributed by atoms with Crippen LogP contribution in [0.5, 0.6) is 0 Å². The lowest BCUT2D eigenvalue weighted by atomic mass is 9.86. The largest absolute Gasteiger partial charge is 0.352 e. The molecule has 2 heterocycles. The molecule has 1 N–H and O–H groups in total. The normalized spacial score (nSPS) is 21.7. The minimum atomic E-state index is -0.206. The number of thioether (sulfide) groups is 1. The van der Waals surface area contributed by atoms with Gasteiger partial charge in [0, 0.05) is 31.0 Å². The van der Waals surface area contributed by atoms with E-state index in [9.17, 15) is 4.79 Å². The highest BCUT2D eigenvalue weighted by atomic mass is 32.2. The lowest BCUT2D eigenvalue weighted by Gasteiger charge is -2.30. The maximum absolute atomic E-state index is 12.6. The van der Waals surface area contributed by atoms with E-state index in [4.69, 9.17) is 0 Å². The molecule has 3 rings (SSSR count). The zero-order valence-corrected chi connectivity index (χ0v) is 15.8. The summed E-state index contributed by atoms with van der Waals surface area (Å²) in [5, 5.41) is 12.3. The Hall–Kier alpha value is -1.89. The smallest absolute Gasteiger partial charge is 0.233 e. The molecule has 0 spiro atoms. The summed E-state index contributed by atoms with van der Waals surface area (Å²) in [4.78, 5) is 16.6. The average molecular weight is 359 g/mol. The van der Waals surface area contributed by atoms with E-state index in [-0.39, 0.29) is 11.2 Å². The van der Waals surface area contributed by atoms with Gasteiger partial charge in [-0.05, 0) is 37.8 Å². The number of pyridine rings is 1. The van der Waals surface area contributed by atoms with Gasteiger partial charge >= 0.3 is 0 Å². The second-order valence-electron chi connectivity index (χ2n) is 6.74. The molecule has 0 unspecified atom stereocenters. The van der Waals surface area contributed by atoms with Crippen molar-refractivity contribution in [3.05, 3.63) is 24.5 Å². The van der Waals surface area contributed by atoms with Crippen LogP contribution in [0.25, 0.3) is 11.4 Å². The first-order valence-electron chi connectivity index (χ1n) is 8.83. The monoisotopic (exact) mass is 359 g/mol. The molecule has 1 fully saturated rings. The van der Waals surface area contributed by atoms with E-state index in [0.29, 0.717) is 12.0 Å². The number of carbonyl (C=O) groups is 1. The first-order valence-corrected chi connectivity index (χ1v) is 9.71. The quantitative estimate of drug-likeness (QED) is 0.831. The first kappa shape index (κ1) is 17.9. The second kappa shape index (κ2) is 7.99. The predicted octanol–water partition coefficient (Wildman–Crippen LogP) is 3.05. The number of amides is 1. The van der Waals surface area contributed by atoms with Crippen LogP contribution in [0, 0.1) is 5.92 Å². The third-order valence-corrected chi connectivity index (χ3v) is 6.00. The molecular formula is C18H25N5OS. The van der Waals surface area contributed by atoms with Gasteiger partial charge in [0.25, 0.3) is 0 Å². The molecule has 1 saturated carbocycles. The summed E-state index contributed by atoms with van der Waals surface area (Å²) in [5.74, 6) is 1.42. The van der Waals surface area contributed by atoms with E-state index in [1.54, 1.807) is 12.4 Å². The number of aromatic nitrogens is 4. The lowest BCUT2D eigenvalue weighted by molar-refractivity contribution is -0.121. The lowest BCUT2D eigenvalue weighted by Crippen LogP contribution is -2.44. The van der Waals surface area contributed by atoms with Crippen LogP contribution in [0.2, 0.25) is 0 Å². The summed E-state index contributed by atoms with van der Waals surface area (Å²) >= 11 is 1.45. The Kier molecular flexibility index (Phi) is 5.73. The number of nitrogens with zero attached hydrogens (tertiary/aromatic N) is 4. The van der Waals surface area contributed by atoms with Crippen molar-refractivity contribution in [2.75, 3.05) is 0 Å². The van der Waals surface area contributed by atoms with Crippen LogP contribution in [0.3, 0.4) is 0 Å². The Morgan fingerprint density at radius 1 is 1.28 bits per heavy atom. The molecule has 0 aromatic carbocycles. The van der Waals surface area contributed by atoms with Crippen LogP contribution in [0.1, 0.15) is 39.5 Å². The van der Waals surface area contributed by atoms with Gasteiger partial charge in [-0.2, -0.15) is 0 Å². The van der Waals surface area contributed by atoms with Crippen molar-refractivity contribution in [2.24, 2.45) is 13.0 Å². The van der Waals surface area contributed by atoms with Gasteiger partial charge in [0.15, 0.2) is 11.0 Å². The van der Waals surface area contributed by atoms with E-state index >= 15 is 0 Å². The fraction of sp³-hybridized carbons (Fsp3) is 0.556. The molecular weight excluding hydrogens is 334 g/mol. The summed E-state index contributed by atoms with van der Waals surface area (Å²) in [7, 11) is 1.92. The van der Waals surface area contributed by atoms with Crippen molar-refractivity contribution in [2.45, 2.75) is 56.0 Å². The van der Waals surface area contributed by atoms with Gasteiger partial charge < -0.3 is 9.88 Å². The van der Waals surface area contributed by atoms with Crippen LogP contribution in [0.15, 0.2) is 29.7 Å². The Balaban J connectivity index is 1.64. The van der Waals surface area contributed by atoms with Crippen molar-refractivity contribution < 1.29 is 4.79 Å². The first-order chi connectivity index (χ1) is 12.1. The van der Waals surface area contributed by atoms with E-state index in [0.717, 1.165) is 23.0 Å². The molecule has 0 bridgehead atoms. The molecule has 25 heavy (non-hydrogen) atoms. The predicted molar refractivity (Wildman–Crippen MR) is 99.1 cm³/mol. The highest BCUT2D eigenvalue weighted by Gasteiger charge is 2.26. The maximum Gasteiger partial charge on any atom is 0.233 e. The molecule has 1 amide bonds. The topological polar surface area (TPSA) is 72.7 Å². The number of hydrogen-bond donors (Lipinski definition) is 1. The number of hydrogen-bond acceptors (Lipinski definition) is 5. The molecule has 2 aromatic rings. The molecule has 134 valence electrons. The van der Waals surface area contributed by atoms with Crippen LogP contribution < -0.4 is 5.32 Å². The van der Waals surface area contributed by atoms with E-state index in [1.165, 1.54) is 31.0 Å². The zero-order chi connectivity index (χ0) is 17.8. The van der Waals surface area contributed by atoms with E-state index < -0.39 is 0 Å². The van der Waals surface area contributed by atoms with Gasteiger partial charge in [0.2, 0.25) is 5.91 Å². The number of carbonyl (C=O) groups excluding carboxylic acids is 1. The van der Waals surface area contributed by atoms with Crippen LogP contribution in [-0.4, -0.2) is 36.9 Å². The van der Waals surface area contributed by atoms with Gasteiger partial charge in [-0.1, -0.05) is 31.5 Å². The van der Waals surface area contributed by atoms with Crippen molar-refractivity contribution in [1.82, 2.24) is 25.1 Å². The minimum Gasteiger partial charge on any atom is -0.352 e. The third-order valence-electron chi connectivity index (χ3n) is 4.86. The van der Waals surface area contributed by atoms with Crippen LogP contribution in [-0.2, 0) is 11.8 Å². The van der Waals surface area contributed by atoms with Gasteiger partial charge in [0.05, 0.1) is 5.25 Å². The number of nitrogens with one attached hydrogen (secondary N) is 1. The Morgan fingerprint density at radius 2 is 2.00 bits per heavy atom. The highest BCUT2D eigenvalue weighted by molar-refractivity contribution is 8.00. The molecule has 3 atom stereocenters. The van der Waals surface area contributed by atoms with Gasteiger partial charge in [-0.3, -0.25) is 9.78 Å². The van der Waals surface area contributed by atoms with Crippen molar-refractivity contribution >= 4 is 17.7 Å². The molecule has 6 nitrogen and oxygen atoms in total. The molecule has 2 aromatic heterocycles. The molecule has 1 aliphatic carbocycles. The minimum absolute atomic E-state index is 0.0808. The summed E-state index contributed by atoms with van der Waals surface area (Å²) in [5.41, 5.74) is 0.963. The van der Waals surface area contributed by atoms with Gasteiger partial charge in [0.1, 0.15) is 0 Å². The Bertz CT molecular complexity index is 718. The second-order valence-corrected chi connectivity index (χ2v) is 8.05. The number of rotatable bonds is 5. The Morgan fingerprint density at radius 3 is 2.72 bits per heavy atom. The fourth-order valence-electron chi connectivity index (χ4n) is 3.21. The summed E-state index contributed by atoms with van der Waals surface area (Å²) in [6.07, 6.45) is 8.23. The van der Waals surface area contributed by atoms with Crippen molar-refractivity contribution in [1.29, 1.82) is 0 Å². The van der Waals surface area contributed by atoms with Crippen molar-refractivity contribution in [3.8, 4) is 11.4 Å². The SMILES string of the molecule is C[C@@H]1CCCC[C@H]1NC(=O)[C@@H](C)Sc1nnc(-c2ccncc2)n1C. The maximum atomic E-state index is 12.6. The highest BCUT2D eigenvalue weighted by Crippen LogP contribution is 2.27. The Labute approximate surface area is 152 Å². The molecule has 7 heteroatoms. The zero-order valence-electron chi connectivity index (χ0n) is 15.0. The van der Waals surface area contributed by atoms with Crippen LogP contribution >= 0.6 is 11.8 Å². The van der Waals surface area contributed by atoms with Crippen LogP contribution in [0.4, 0.5) is 0 Å². The summed E-state index contributed by atoms with van der Waals surface area (Å²) in [6.45, 7) is 4.15. The van der Waals surface area contributed by atoms with E-state index in [2.05, 4.69) is 27.4 Å². The van der Waals surface area contributed by atoms with Crippen molar-refractivity contribution in [3.63, 3.8) is 0 Å². The molecule has 1 aliphatic rings. The summed E-state index contributed by atoms with van der Waals surface area (Å²) < 4.78 is 1.92. The summed E-state index contributed by atoms with van der Waals surface area (Å²) in [6, 6.07) is 4.11. The molecule has 0 radical (unpaired) electrons. The van der Waals surface area contributed by atoms with Gasteiger partial charge in [-0.15, -0.1) is 10.2 Å². The molecule has 0 aliphatic heterocycles. The average Bonchev–Trinajstić information content (AvgIpc) is 2.98. The van der Waals surface area contributed by atoms with E-state index in [1.807, 2.05) is 30.7 Å².